The molecule has 12 heteroatoms. The highest BCUT2D eigenvalue weighted by molar-refractivity contribution is 7.92. The van der Waals surface area contributed by atoms with Crippen molar-refractivity contribution in [2.24, 2.45) is 5.73 Å². The molecule has 0 fully saturated rings. The monoisotopic (exact) mass is 628 g/mol. The number of carboxylic acids is 1. The maximum absolute atomic E-state index is 15.6. The van der Waals surface area contributed by atoms with Crippen LogP contribution in [0, 0.1) is 5.82 Å². The van der Waals surface area contributed by atoms with Gasteiger partial charge in [-0.1, -0.05) is 57.9 Å². The second kappa shape index (κ2) is 13.4. The molecule has 1 aromatic carbocycles. The number of pyridine rings is 2. The predicted molar refractivity (Wildman–Crippen MR) is 165 cm³/mol. The summed E-state index contributed by atoms with van der Waals surface area (Å²) in [5.41, 5.74) is 5.99. The highest BCUT2D eigenvalue weighted by Gasteiger charge is 2.46. The summed E-state index contributed by atoms with van der Waals surface area (Å²) in [7, 11) is -4.50. The van der Waals surface area contributed by atoms with Crippen LogP contribution in [0.15, 0.2) is 65.8 Å². The van der Waals surface area contributed by atoms with Gasteiger partial charge in [-0.15, -0.1) is 0 Å². The third kappa shape index (κ3) is 7.97. The minimum absolute atomic E-state index is 0.190. The predicted octanol–water partition coefficient (Wildman–Crippen LogP) is 5.74. The molecule has 0 aliphatic carbocycles. The van der Waals surface area contributed by atoms with Crippen LogP contribution in [0.4, 0.5) is 15.0 Å². The van der Waals surface area contributed by atoms with Crippen molar-refractivity contribution in [3.05, 3.63) is 83.4 Å². The largest absolute Gasteiger partial charge is 0.480 e. The molecule has 0 aliphatic heterocycles. The van der Waals surface area contributed by atoms with E-state index in [0.717, 1.165) is 24.2 Å². The van der Waals surface area contributed by atoms with E-state index in [1.54, 1.807) is 39.0 Å². The van der Waals surface area contributed by atoms with E-state index in [-0.39, 0.29) is 16.5 Å². The molecule has 3 N–H and O–H groups in total. The molecule has 10 nitrogen and oxygen atoms in total. The van der Waals surface area contributed by atoms with E-state index in [4.69, 9.17) is 10.5 Å². The number of nitrogens with two attached hydrogens (primary N) is 1. The number of carbonyl (C=O) groups is 2. The van der Waals surface area contributed by atoms with Gasteiger partial charge in [-0.2, -0.15) is 0 Å². The van der Waals surface area contributed by atoms with E-state index in [1.165, 1.54) is 42.6 Å². The second-order valence-electron chi connectivity index (χ2n) is 12.4. The van der Waals surface area contributed by atoms with E-state index >= 15 is 4.39 Å². The summed E-state index contributed by atoms with van der Waals surface area (Å²) in [6, 6.07) is 13.0. The normalized spacial score (nSPS) is 13.6. The summed E-state index contributed by atoms with van der Waals surface area (Å²) in [6.07, 6.45) is 2.57. The molecule has 238 valence electrons. The Bertz CT molecular complexity index is 1590. The van der Waals surface area contributed by atoms with Crippen LogP contribution in [0.2, 0.25) is 0 Å². The number of sulfone groups is 1. The third-order valence-electron chi connectivity index (χ3n) is 7.13. The van der Waals surface area contributed by atoms with Crippen LogP contribution >= 0.6 is 0 Å². The smallest absolute Gasteiger partial charge is 0.416 e. The van der Waals surface area contributed by atoms with Crippen LogP contribution in [0.1, 0.15) is 77.6 Å². The van der Waals surface area contributed by atoms with Gasteiger partial charge in [-0.05, 0) is 74.1 Å². The number of aromatic nitrogens is 2. The van der Waals surface area contributed by atoms with Crippen molar-refractivity contribution < 1.29 is 32.2 Å². The van der Waals surface area contributed by atoms with Crippen LogP contribution in [0.3, 0.4) is 0 Å². The molecule has 0 bridgehead atoms. The SMILES string of the molecule is CCCCC(C)(C)c1ccc(CC(N)(c2cccc(N(CC(=O)O)C(=O)OC(C)(C)C)n2)S(=O)(=O)c2ccccn2)cc1F. The Hall–Kier alpha value is -3.90. The number of carbonyl (C=O) groups excluding carboxylic acids is 1. The number of hydrogen-bond acceptors (Lipinski definition) is 8. The summed E-state index contributed by atoms with van der Waals surface area (Å²) >= 11 is 0. The van der Waals surface area contributed by atoms with E-state index in [0.29, 0.717) is 11.1 Å². The Morgan fingerprint density at radius 3 is 2.32 bits per heavy atom. The Morgan fingerprint density at radius 2 is 1.75 bits per heavy atom. The molecule has 3 rings (SSSR count). The molecular weight excluding hydrogens is 587 g/mol. The highest BCUT2D eigenvalue weighted by atomic mass is 32.2. The molecule has 1 amide bonds. The number of unbranched alkanes of at least 4 members (excludes halogenated alkanes) is 1. The molecule has 44 heavy (non-hydrogen) atoms. The van der Waals surface area contributed by atoms with Crippen LogP contribution in [0.5, 0.6) is 0 Å². The van der Waals surface area contributed by atoms with Crippen molar-refractivity contribution in [3.63, 3.8) is 0 Å². The van der Waals surface area contributed by atoms with Crippen molar-refractivity contribution in [1.82, 2.24) is 9.97 Å². The number of nitrogens with zero attached hydrogens (tertiary/aromatic N) is 3. The lowest BCUT2D eigenvalue weighted by molar-refractivity contribution is -0.135. The first-order valence-corrected chi connectivity index (χ1v) is 15.8. The van der Waals surface area contributed by atoms with E-state index < -0.39 is 56.6 Å². The van der Waals surface area contributed by atoms with Crippen molar-refractivity contribution in [2.45, 2.75) is 88.1 Å². The highest BCUT2D eigenvalue weighted by Crippen LogP contribution is 2.36. The fourth-order valence-corrected chi connectivity index (χ4v) is 6.37. The Balaban J connectivity index is 2.17. The Labute approximate surface area is 258 Å². The van der Waals surface area contributed by atoms with Crippen LogP contribution < -0.4 is 10.6 Å². The van der Waals surface area contributed by atoms with Crippen molar-refractivity contribution in [1.29, 1.82) is 0 Å². The molecule has 3 aromatic rings. The molecule has 0 spiro atoms. The molecular formula is C32H41FN4O6S. The van der Waals surface area contributed by atoms with Gasteiger partial charge in [0, 0.05) is 12.6 Å². The zero-order valence-electron chi connectivity index (χ0n) is 26.0. The van der Waals surface area contributed by atoms with E-state index in [9.17, 15) is 23.1 Å². The first-order valence-electron chi connectivity index (χ1n) is 14.3. The van der Waals surface area contributed by atoms with E-state index in [1.807, 2.05) is 13.8 Å². The summed E-state index contributed by atoms with van der Waals surface area (Å²) in [4.78, 5) is 31.5. The lowest BCUT2D eigenvalue weighted by Crippen LogP contribution is -2.48. The minimum Gasteiger partial charge on any atom is -0.480 e. The van der Waals surface area contributed by atoms with Crippen LogP contribution in [-0.2, 0) is 36.1 Å². The number of aliphatic carboxylic acids is 1. The average Bonchev–Trinajstić information content (AvgIpc) is 2.94. The molecule has 1 unspecified atom stereocenters. The Kier molecular flexibility index (Phi) is 10.5. The molecule has 0 radical (unpaired) electrons. The first-order chi connectivity index (χ1) is 20.4. The quantitative estimate of drug-likeness (QED) is 0.256. The van der Waals surface area contributed by atoms with Crippen molar-refractivity contribution in [3.8, 4) is 0 Å². The fraction of sp³-hybridized carbons (Fsp3) is 0.438. The van der Waals surface area contributed by atoms with Crippen LogP contribution in [0.25, 0.3) is 0 Å². The van der Waals surface area contributed by atoms with Gasteiger partial charge >= 0.3 is 12.1 Å². The van der Waals surface area contributed by atoms with Crippen molar-refractivity contribution >= 4 is 27.7 Å². The summed E-state index contributed by atoms with van der Waals surface area (Å²) in [5.74, 6) is -2.02. The van der Waals surface area contributed by atoms with E-state index in [2.05, 4.69) is 16.9 Å². The lowest BCUT2D eigenvalue weighted by atomic mass is 9.79. The van der Waals surface area contributed by atoms with Gasteiger partial charge in [-0.3, -0.25) is 9.69 Å². The second-order valence-corrected chi connectivity index (χ2v) is 14.5. The first kappa shape index (κ1) is 34.6. The Morgan fingerprint density at radius 1 is 1.05 bits per heavy atom. The number of halogens is 1. The number of carboxylic acid groups (broad SMARTS) is 1. The topological polar surface area (TPSA) is 153 Å². The maximum atomic E-state index is 15.6. The number of rotatable bonds is 12. The minimum atomic E-state index is -4.50. The fourth-order valence-electron chi connectivity index (χ4n) is 4.79. The van der Waals surface area contributed by atoms with Gasteiger partial charge in [0.25, 0.3) is 0 Å². The van der Waals surface area contributed by atoms with Crippen molar-refractivity contribution in [2.75, 3.05) is 11.4 Å². The van der Waals surface area contributed by atoms with Gasteiger partial charge in [0.15, 0.2) is 9.90 Å². The number of benzene rings is 1. The lowest BCUT2D eigenvalue weighted by Gasteiger charge is -2.31. The number of hydrogen-bond donors (Lipinski definition) is 2. The number of anilines is 1. The summed E-state index contributed by atoms with van der Waals surface area (Å²) < 4.78 is 49.2. The molecule has 2 heterocycles. The zero-order chi connectivity index (χ0) is 32.9. The zero-order valence-corrected chi connectivity index (χ0v) is 26.8. The number of amides is 1. The van der Waals surface area contributed by atoms with Gasteiger partial charge < -0.3 is 15.6 Å². The molecule has 2 aromatic heterocycles. The molecule has 0 aliphatic rings. The molecule has 0 saturated heterocycles. The van der Waals surface area contributed by atoms with Gasteiger partial charge in [-0.25, -0.2) is 27.6 Å². The van der Waals surface area contributed by atoms with Crippen LogP contribution in [-0.4, -0.2) is 47.7 Å². The standard InChI is InChI=1S/C32H41FN4O6S/c1-7-8-17-31(5,6)23-16-15-22(19-24(23)33)20-32(34,44(41,42)27-14-9-10-18-35-27)25-12-11-13-26(36-25)37(21-28(38)39)29(40)43-30(2,3)4/h9-16,18-19H,7-8,17,20-21,34H2,1-6H3,(H,38,39). The van der Waals surface area contributed by atoms with Gasteiger partial charge in [0.05, 0.1) is 5.69 Å². The summed E-state index contributed by atoms with van der Waals surface area (Å²) in [5, 5.41) is 9.17. The average molecular weight is 629 g/mol. The summed E-state index contributed by atoms with van der Waals surface area (Å²) in [6.45, 7) is 10.0. The number of ether oxygens (including phenoxy) is 1. The maximum Gasteiger partial charge on any atom is 0.416 e. The molecule has 1 atom stereocenters. The van der Waals surface area contributed by atoms with Gasteiger partial charge in [0.2, 0.25) is 9.84 Å². The molecule has 0 saturated carbocycles. The third-order valence-corrected chi connectivity index (χ3v) is 9.23. The van der Waals surface area contributed by atoms with Gasteiger partial charge in [0.1, 0.15) is 23.8 Å².